The molecular formula is C14H17ClO2. The highest BCUT2D eigenvalue weighted by atomic mass is 35.5. The van der Waals surface area contributed by atoms with Gasteiger partial charge < -0.3 is 4.74 Å². The molecule has 1 aliphatic rings. The van der Waals surface area contributed by atoms with Gasteiger partial charge in [-0.05, 0) is 43.4 Å². The van der Waals surface area contributed by atoms with Crippen molar-refractivity contribution in [2.45, 2.75) is 38.7 Å². The molecule has 0 radical (unpaired) electrons. The molecule has 1 fully saturated rings. The Morgan fingerprint density at radius 2 is 2.12 bits per heavy atom. The number of carbonyl (C=O) groups excluding carboxylic acids is 1. The van der Waals surface area contributed by atoms with Gasteiger partial charge >= 0.3 is 0 Å². The molecule has 2 unspecified atom stereocenters. The van der Waals surface area contributed by atoms with Crippen LogP contribution in [0.15, 0.2) is 18.2 Å². The fraction of sp³-hybridized carbons (Fsp3) is 0.500. The summed E-state index contributed by atoms with van der Waals surface area (Å²) >= 11 is 5.85. The van der Waals surface area contributed by atoms with Crippen molar-refractivity contribution >= 4 is 17.9 Å². The van der Waals surface area contributed by atoms with Crippen LogP contribution in [0.3, 0.4) is 0 Å². The highest BCUT2D eigenvalue weighted by Crippen LogP contribution is 2.30. The van der Waals surface area contributed by atoms with Crippen molar-refractivity contribution in [1.29, 1.82) is 0 Å². The molecule has 17 heavy (non-hydrogen) atoms. The molecule has 0 aromatic heterocycles. The van der Waals surface area contributed by atoms with E-state index in [1.807, 2.05) is 0 Å². The van der Waals surface area contributed by atoms with Crippen LogP contribution in [-0.4, -0.2) is 12.4 Å². The Bertz CT molecular complexity index is 403. The van der Waals surface area contributed by atoms with Gasteiger partial charge in [-0.2, -0.15) is 0 Å². The summed E-state index contributed by atoms with van der Waals surface area (Å²) in [6, 6.07) is 5.20. The predicted octanol–water partition coefficient (Wildman–Crippen LogP) is 4.11. The quantitative estimate of drug-likeness (QED) is 0.757. The lowest BCUT2D eigenvalue weighted by atomic mass is 9.88. The predicted molar refractivity (Wildman–Crippen MR) is 68.9 cm³/mol. The summed E-state index contributed by atoms with van der Waals surface area (Å²) in [5, 5.41) is 0.566. The van der Waals surface area contributed by atoms with Crippen molar-refractivity contribution in [3.8, 4) is 5.75 Å². The third-order valence-electron chi connectivity index (χ3n) is 3.41. The molecule has 0 spiro atoms. The summed E-state index contributed by atoms with van der Waals surface area (Å²) in [7, 11) is 0. The Labute approximate surface area is 107 Å². The van der Waals surface area contributed by atoms with E-state index in [4.69, 9.17) is 16.3 Å². The summed E-state index contributed by atoms with van der Waals surface area (Å²) in [5.41, 5.74) is 0.537. The molecule has 1 aliphatic carbocycles. The van der Waals surface area contributed by atoms with Gasteiger partial charge in [0.2, 0.25) is 0 Å². The van der Waals surface area contributed by atoms with Gasteiger partial charge in [0.25, 0.3) is 0 Å². The van der Waals surface area contributed by atoms with Gasteiger partial charge in [0, 0.05) is 5.02 Å². The Hall–Kier alpha value is -1.02. The van der Waals surface area contributed by atoms with Crippen molar-refractivity contribution in [2.75, 3.05) is 0 Å². The van der Waals surface area contributed by atoms with Crippen molar-refractivity contribution in [3.05, 3.63) is 28.8 Å². The molecule has 2 nitrogen and oxygen atoms in total. The third kappa shape index (κ3) is 3.01. The number of ether oxygens (including phenoxy) is 1. The van der Waals surface area contributed by atoms with Gasteiger partial charge in [-0.15, -0.1) is 0 Å². The van der Waals surface area contributed by atoms with Gasteiger partial charge in [-0.3, -0.25) is 4.79 Å². The first-order valence-electron chi connectivity index (χ1n) is 6.12. The van der Waals surface area contributed by atoms with Crippen LogP contribution >= 0.6 is 11.6 Å². The first-order chi connectivity index (χ1) is 8.20. The number of aldehydes is 1. The maximum Gasteiger partial charge on any atom is 0.153 e. The summed E-state index contributed by atoms with van der Waals surface area (Å²) < 4.78 is 5.95. The fourth-order valence-electron chi connectivity index (χ4n) is 2.34. The lowest BCUT2D eigenvalue weighted by Gasteiger charge is -2.29. The second-order valence-electron chi connectivity index (χ2n) is 4.72. The van der Waals surface area contributed by atoms with Gasteiger partial charge in [0.1, 0.15) is 11.9 Å². The SMILES string of the molecule is CC1CCCCC1Oc1ccc(Cl)cc1C=O. The molecule has 2 atom stereocenters. The molecule has 0 bridgehead atoms. The van der Waals surface area contributed by atoms with Gasteiger partial charge in [-0.25, -0.2) is 0 Å². The van der Waals surface area contributed by atoms with E-state index >= 15 is 0 Å². The minimum Gasteiger partial charge on any atom is -0.489 e. The van der Waals surface area contributed by atoms with Crippen LogP contribution in [0.4, 0.5) is 0 Å². The number of halogens is 1. The molecule has 1 aromatic carbocycles. The second kappa shape index (κ2) is 5.54. The van der Waals surface area contributed by atoms with E-state index in [1.165, 1.54) is 19.3 Å². The van der Waals surface area contributed by atoms with Crippen LogP contribution < -0.4 is 4.74 Å². The number of rotatable bonds is 3. The van der Waals surface area contributed by atoms with E-state index in [1.54, 1.807) is 18.2 Å². The van der Waals surface area contributed by atoms with Crippen LogP contribution in [0.5, 0.6) is 5.75 Å². The van der Waals surface area contributed by atoms with Crippen molar-refractivity contribution < 1.29 is 9.53 Å². The lowest BCUT2D eigenvalue weighted by Crippen LogP contribution is -2.28. The number of carbonyl (C=O) groups is 1. The van der Waals surface area contributed by atoms with E-state index in [0.29, 0.717) is 22.3 Å². The molecule has 3 heteroatoms. The zero-order chi connectivity index (χ0) is 12.3. The molecule has 0 heterocycles. The maximum absolute atomic E-state index is 11.0. The van der Waals surface area contributed by atoms with Crippen LogP contribution in [0.2, 0.25) is 5.02 Å². The molecule has 2 rings (SSSR count). The van der Waals surface area contributed by atoms with Crippen LogP contribution in [0.25, 0.3) is 0 Å². The van der Waals surface area contributed by atoms with Crippen molar-refractivity contribution in [2.24, 2.45) is 5.92 Å². The number of hydrogen-bond acceptors (Lipinski definition) is 2. The highest BCUT2D eigenvalue weighted by Gasteiger charge is 2.23. The summed E-state index contributed by atoms with van der Waals surface area (Å²) in [5.74, 6) is 1.21. The summed E-state index contributed by atoms with van der Waals surface area (Å²) in [6.07, 6.45) is 5.79. The first-order valence-corrected chi connectivity index (χ1v) is 6.50. The molecule has 1 aromatic rings. The van der Waals surface area contributed by atoms with Gasteiger partial charge in [-0.1, -0.05) is 24.9 Å². The molecule has 0 N–H and O–H groups in total. The van der Waals surface area contributed by atoms with Gasteiger partial charge in [0.05, 0.1) is 5.56 Å². The molecular weight excluding hydrogens is 236 g/mol. The largest absolute Gasteiger partial charge is 0.489 e. The minimum absolute atomic E-state index is 0.226. The molecule has 0 amide bonds. The zero-order valence-corrected chi connectivity index (χ0v) is 10.7. The van der Waals surface area contributed by atoms with E-state index in [0.717, 1.165) is 12.7 Å². The number of hydrogen-bond donors (Lipinski definition) is 0. The highest BCUT2D eigenvalue weighted by molar-refractivity contribution is 6.30. The monoisotopic (exact) mass is 252 g/mol. The third-order valence-corrected chi connectivity index (χ3v) is 3.65. The van der Waals surface area contributed by atoms with Crippen LogP contribution in [-0.2, 0) is 0 Å². The Balaban J connectivity index is 2.14. The first kappa shape index (κ1) is 12.4. The van der Waals surface area contributed by atoms with E-state index in [9.17, 15) is 4.79 Å². The Morgan fingerprint density at radius 1 is 1.35 bits per heavy atom. The number of benzene rings is 1. The Kier molecular flexibility index (Phi) is 4.06. The Morgan fingerprint density at radius 3 is 2.82 bits per heavy atom. The van der Waals surface area contributed by atoms with Crippen LogP contribution in [0, 0.1) is 5.92 Å². The molecule has 0 saturated heterocycles. The summed E-state index contributed by atoms with van der Waals surface area (Å²) in [6.45, 7) is 2.21. The smallest absolute Gasteiger partial charge is 0.153 e. The van der Waals surface area contributed by atoms with E-state index in [-0.39, 0.29) is 6.10 Å². The average Bonchev–Trinajstić information content (AvgIpc) is 2.34. The second-order valence-corrected chi connectivity index (χ2v) is 5.15. The van der Waals surface area contributed by atoms with Gasteiger partial charge in [0.15, 0.2) is 6.29 Å². The molecule has 92 valence electrons. The lowest BCUT2D eigenvalue weighted by molar-refractivity contribution is 0.0986. The summed E-state index contributed by atoms with van der Waals surface area (Å²) in [4.78, 5) is 11.0. The normalized spacial score (nSPS) is 24.4. The minimum atomic E-state index is 0.226. The standard InChI is InChI=1S/C14H17ClO2/c1-10-4-2-3-5-13(10)17-14-7-6-12(15)8-11(14)9-16/h6-10,13H,2-5H2,1H3. The van der Waals surface area contributed by atoms with Crippen LogP contribution in [0.1, 0.15) is 43.0 Å². The van der Waals surface area contributed by atoms with Crippen molar-refractivity contribution in [3.63, 3.8) is 0 Å². The topological polar surface area (TPSA) is 26.3 Å². The zero-order valence-electron chi connectivity index (χ0n) is 9.99. The maximum atomic E-state index is 11.0. The fourth-order valence-corrected chi connectivity index (χ4v) is 2.52. The molecule has 0 aliphatic heterocycles. The average molecular weight is 253 g/mol. The van der Waals surface area contributed by atoms with E-state index in [2.05, 4.69) is 6.92 Å². The van der Waals surface area contributed by atoms with Crippen molar-refractivity contribution in [1.82, 2.24) is 0 Å². The van der Waals surface area contributed by atoms with E-state index < -0.39 is 0 Å². The molecule has 1 saturated carbocycles.